The van der Waals surface area contributed by atoms with Gasteiger partial charge in [-0.15, -0.1) is 0 Å². The molecule has 0 aliphatic carbocycles. The first-order valence-corrected chi connectivity index (χ1v) is 7.93. The van der Waals surface area contributed by atoms with Crippen LogP contribution in [0.5, 0.6) is 11.5 Å². The summed E-state index contributed by atoms with van der Waals surface area (Å²) in [4.78, 5) is 14.7. The largest absolute Gasteiger partial charge is 0.504 e. The maximum absolute atomic E-state index is 12.6. The van der Waals surface area contributed by atoms with Crippen LogP contribution >= 0.6 is 0 Å². The molecule has 2 atom stereocenters. The molecule has 1 amide bonds. The van der Waals surface area contributed by atoms with Gasteiger partial charge in [-0.2, -0.15) is 0 Å². The van der Waals surface area contributed by atoms with Crippen molar-refractivity contribution in [3.05, 3.63) is 53.1 Å². The molecule has 0 saturated carbocycles. The smallest absolute Gasteiger partial charge is 0.255 e. The number of rotatable bonds is 2. The first kappa shape index (κ1) is 14.8. The quantitative estimate of drug-likeness (QED) is 0.786. The van der Waals surface area contributed by atoms with E-state index in [0.717, 1.165) is 29.8 Å². The number of hydrogen-bond acceptors (Lipinski definition) is 5. The molecule has 124 valence electrons. The summed E-state index contributed by atoms with van der Waals surface area (Å²) in [5, 5.41) is 13.1. The van der Waals surface area contributed by atoms with Crippen LogP contribution in [0, 0.1) is 0 Å². The molecule has 6 nitrogen and oxygen atoms in total. The van der Waals surface area contributed by atoms with Crippen molar-refractivity contribution in [2.45, 2.75) is 18.6 Å². The van der Waals surface area contributed by atoms with Crippen molar-refractivity contribution in [3.8, 4) is 11.5 Å². The average molecular weight is 325 g/mol. The summed E-state index contributed by atoms with van der Waals surface area (Å²) in [6.45, 7) is 0.739. The van der Waals surface area contributed by atoms with Crippen LogP contribution in [0.25, 0.3) is 0 Å². The molecule has 0 aromatic heterocycles. The third kappa shape index (κ3) is 2.11. The molecule has 0 unspecified atom stereocenters. The zero-order chi connectivity index (χ0) is 16.8. The normalized spacial score (nSPS) is 21.9. The Kier molecular flexibility index (Phi) is 3.35. The van der Waals surface area contributed by atoms with E-state index in [1.165, 1.54) is 7.11 Å². The predicted octanol–water partition coefficient (Wildman–Crippen LogP) is 2.05. The molecule has 24 heavy (non-hydrogen) atoms. The molecule has 2 aliphatic rings. The number of anilines is 1. The lowest BCUT2D eigenvalue weighted by Crippen LogP contribution is -2.49. The Morgan fingerprint density at radius 3 is 2.92 bits per heavy atom. The van der Waals surface area contributed by atoms with Crippen LogP contribution in [0.4, 0.5) is 5.69 Å². The van der Waals surface area contributed by atoms with Gasteiger partial charge in [-0.1, -0.05) is 18.2 Å². The van der Waals surface area contributed by atoms with Crippen molar-refractivity contribution in [1.29, 1.82) is 0 Å². The molecule has 0 bridgehead atoms. The first-order chi connectivity index (χ1) is 11.6. The first-order valence-electron chi connectivity index (χ1n) is 7.93. The minimum atomic E-state index is -0.338. The van der Waals surface area contributed by atoms with Crippen LogP contribution in [0.3, 0.4) is 0 Å². The summed E-state index contributed by atoms with van der Waals surface area (Å²) < 4.78 is 5.09. The summed E-state index contributed by atoms with van der Waals surface area (Å²) in [5.41, 5.74) is 9.59. The number of para-hydroxylation sites is 1. The highest BCUT2D eigenvalue weighted by molar-refractivity contribution is 6.03. The van der Waals surface area contributed by atoms with Gasteiger partial charge >= 0.3 is 0 Å². The van der Waals surface area contributed by atoms with Gasteiger partial charge in [0.25, 0.3) is 5.91 Å². The van der Waals surface area contributed by atoms with Crippen LogP contribution in [0.1, 0.15) is 40.1 Å². The number of amides is 1. The number of nitrogens with one attached hydrogen (secondary N) is 1. The Balaban J connectivity index is 1.82. The van der Waals surface area contributed by atoms with E-state index in [1.54, 1.807) is 12.1 Å². The Labute approximate surface area is 139 Å². The SMILES string of the molecule is COc1ccc([C@@H]2NC(=O)c3cccc4c3N2CC[C@H]4N)cc1O. The maximum Gasteiger partial charge on any atom is 0.255 e. The minimum absolute atomic E-state index is 0.0528. The van der Waals surface area contributed by atoms with E-state index in [0.29, 0.717) is 11.3 Å². The van der Waals surface area contributed by atoms with Crippen molar-refractivity contribution in [1.82, 2.24) is 5.32 Å². The molecule has 6 heteroatoms. The molecule has 0 radical (unpaired) electrons. The summed E-state index contributed by atoms with van der Waals surface area (Å²) in [6, 6.07) is 10.8. The van der Waals surface area contributed by atoms with Gasteiger partial charge in [0, 0.05) is 12.6 Å². The highest BCUT2D eigenvalue weighted by atomic mass is 16.5. The second-order valence-electron chi connectivity index (χ2n) is 6.14. The number of carbonyl (C=O) groups is 1. The average Bonchev–Trinajstić information content (AvgIpc) is 2.59. The zero-order valence-electron chi connectivity index (χ0n) is 13.3. The van der Waals surface area contributed by atoms with Crippen LogP contribution in [-0.4, -0.2) is 24.7 Å². The lowest BCUT2D eigenvalue weighted by molar-refractivity contribution is 0.0925. The Hall–Kier alpha value is -2.73. The van der Waals surface area contributed by atoms with Crippen LogP contribution < -0.4 is 20.7 Å². The van der Waals surface area contributed by atoms with Gasteiger partial charge < -0.3 is 25.8 Å². The second kappa shape index (κ2) is 5.42. The highest BCUT2D eigenvalue weighted by Crippen LogP contribution is 2.42. The number of carbonyl (C=O) groups excluding carboxylic acids is 1. The van der Waals surface area contributed by atoms with E-state index in [2.05, 4.69) is 10.2 Å². The lowest BCUT2D eigenvalue weighted by atomic mass is 9.90. The Morgan fingerprint density at radius 2 is 2.17 bits per heavy atom. The van der Waals surface area contributed by atoms with Gasteiger partial charge in [0.2, 0.25) is 0 Å². The van der Waals surface area contributed by atoms with Gasteiger partial charge in [-0.05, 0) is 35.7 Å². The van der Waals surface area contributed by atoms with Gasteiger partial charge in [0.05, 0.1) is 18.4 Å². The number of nitrogens with zero attached hydrogens (tertiary/aromatic N) is 1. The van der Waals surface area contributed by atoms with Gasteiger partial charge in [-0.25, -0.2) is 0 Å². The maximum atomic E-state index is 12.6. The molecular weight excluding hydrogens is 306 g/mol. The molecule has 0 saturated heterocycles. The van der Waals surface area contributed by atoms with Gasteiger partial charge in [-0.3, -0.25) is 4.79 Å². The molecule has 2 aromatic rings. The highest BCUT2D eigenvalue weighted by Gasteiger charge is 2.37. The van der Waals surface area contributed by atoms with Crippen molar-refractivity contribution in [2.75, 3.05) is 18.6 Å². The van der Waals surface area contributed by atoms with E-state index >= 15 is 0 Å². The van der Waals surface area contributed by atoms with Crippen molar-refractivity contribution >= 4 is 11.6 Å². The number of ether oxygens (including phenoxy) is 1. The van der Waals surface area contributed by atoms with Crippen LogP contribution in [0.15, 0.2) is 36.4 Å². The van der Waals surface area contributed by atoms with Crippen LogP contribution in [0.2, 0.25) is 0 Å². The van der Waals surface area contributed by atoms with Crippen molar-refractivity contribution in [2.24, 2.45) is 5.73 Å². The monoisotopic (exact) mass is 325 g/mol. The number of phenols is 1. The van der Waals surface area contributed by atoms with E-state index < -0.39 is 0 Å². The topological polar surface area (TPSA) is 87.8 Å². The summed E-state index contributed by atoms with van der Waals surface area (Å²) >= 11 is 0. The number of nitrogens with two attached hydrogens (primary N) is 1. The number of methoxy groups -OCH3 is 1. The predicted molar refractivity (Wildman–Crippen MR) is 90.2 cm³/mol. The van der Waals surface area contributed by atoms with Gasteiger partial charge in [0.15, 0.2) is 11.5 Å². The minimum Gasteiger partial charge on any atom is -0.504 e. The van der Waals surface area contributed by atoms with E-state index in [1.807, 2.05) is 24.3 Å². The standard InChI is InChI=1S/C18H19N3O3/c1-24-15-6-5-10(9-14(15)22)17-20-18(23)12-4-2-3-11-13(19)7-8-21(17)16(11)12/h2-6,9,13,17,22H,7-8,19H2,1H3,(H,20,23)/t13-,17-/m1/s1. The molecule has 2 aliphatic heterocycles. The molecule has 2 aromatic carbocycles. The fraction of sp³-hybridized carbons (Fsp3) is 0.278. The molecule has 0 fully saturated rings. The number of phenolic OH excluding ortho intramolecular Hbond substituents is 1. The molecule has 2 heterocycles. The Morgan fingerprint density at radius 1 is 1.33 bits per heavy atom. The van der Waals surface area contributed by atoms with Crippen molar-refractivity contribution in [3.63, 3.8) is 0 Å². The molecule has 4 N–H and O–H groups in total. The molecule has 4 rings (SSSR count). The van der Waals surface area contributed by atoms with Crippen molar-refractivity contribution < 1.29 is 14.6 Å². The summed E-state index contributed by atoms with van der Waals surface area (Å²) in [5.74, 6) is 0.331. The number of hydrogen-bond donors (Lipinski definition) is 3. The fourth-order valence-electron chi connectivity index (χ4n) is 3.59. The second-order valence-corrected chi connectivity index (χ2v) is 6.14. The zero-order valence-corrected chi connectivity index (χ0v) is 13.3. The molecular formula is C18H19N3O3. The Bertz CT molecular complexity index is 821. The fourth-order valence-corrected chi connectivity index (χ4v) is 3.59. The van der Waals surface area contributed by atoms with E-state index in [-0.39, 0.29) is 23.9 Å². The lowest BCUT2D eigenvalue weighted by Gasteiger charge is -2.44. The number of aromatic hydroxyl groups is 1. The van der Waals surface area contributed by atoms with Gasteiger partial charge in [0.1, 0.15) is 6.17 Å². The summed E-state index contributed by atoms with van der Waals surface area (Å²) in [7, 11) is 1.51. The third-order valence-corrected chi connectivity index (χ3v) is 4.78. The van der Waals surface area contributed by atoms with Crippen LogP contribution in [-0.2, 0) is 0 Å². The third-order valence-electron chi connectivity index (χ3n) is 4.78. The molecule has 0 spiro atoms. The van der Waals surface area contributed by atoms with E-state index in [4.69, 9.17) is 10.5 Å². The summed E-state index contributed by atoms with van der Waals surface area (Å²) in [6.07, 6.45) is 0.473. The number of benzene rings is 2. The van der Waals surface area contributed by atoms with E-state index in [9.17, 15) is 9.90 Å².